The van der Waals surface area contributed by atoms with Gasteiger partial charge in [-0.05, 0) is 51.0 Å². The van der Waals surface area contributed by atoms with Gasteiger partial charge in [0.25, 0.3) is 5.56 Å². The highest BCUT2D eigenvalue weighted by Gasteiger charge is 2.18. The number of hydrogen-bond donors (Lipinski definition) is 1. The normalized spacial score (nSPS) is 11.1. The van der Waals surface area contributed by atoms with Crippen molar-refractivity contribution in [2.45, 2.75) is 40.8 Å². The summed E-state index contributed by atoms with van der Waals surface area (Å²) in [5.41, 5.74) is 6.56. The third kappa shape index (κ3) is 4.01. The van der Waals surface area contributed by atoms with E-state index in [1.54, 1.807) is 0 Å². The van der Waals surface area contributed by atoms with Crippen molar-refractivity contribution in [2.24, 2.45) is 0 Å². The first-order valence-corrected chi connectivity index (χ1v) is 10.3. The predicted molar refractivity (Wildman–Crippen MR) is 123 cm³/mol. The third-order valence-corrected chi connectivity index (χ3v) is 5.70. The molecule has 1 N–H and O–H groups in total. The molecule has 0 spiro atoms. The van der Waals surface area contributed by atoms with Gasteiger partial charge < -0.3 is 5.32 Å². The summed E-state index contributed by atoms with van der Waals surface area (Å²) in [5.74, 6) is -0.226. The highest BCUT2D eigenvalue weighted by molar-refractivity contribution is 5.83. The quantitative estimate of drug-likeness (QED) is 0.541. The van der Waals surface area contributed by atoms with E-state index >= 15 is 0 Å². The minimum absolute atomic E-state index is 0.0676. The molecule has 6 nitrogen and oxygen atoms in total. The molecule has 4 rings (SSSR count). The summed E-state index contributed by atoms with van der Waals surface area (Å²) in [5, 5.41) is 3.42. The van der Waals surface area contributed by atoms with Crippen molar-refractivity contribution in [3.8, 4) is 5.69 Å². The Balaban J connectivity index is 1.61. The third-order valence-electron chi connectivity index (χ3n) is 5.70. The molecule has 0 aliphatic rings. The second-order valence-corrected chi connectivity index (χ2v) is 8.02. The van der Waals surface area contributed by atoms with E-state index in [-0.39, 0.29) is 18.0 Å². The number of nitrogens with zero attached hydrogens (tertiary/aromatic N) is 3. The van der Waals surface area contributed by atoms with Gasteiger partial charge in [-0.3, -0.25) is 18.7 Å². The van der Waals surface area contributed by atoms with Gasteiger partial charge in [-0.15, -0.1) is 0 Å². The molecule has 2 aromatic carbocycles. The molecule has 0 radical (unpaired) electrons. The number of nitrogens with one attached hydrogen (secondary N) is 1. The zero-order chi connectivity index (χ0) is 22.1. The second kappa shape index (κ2) is 8.22. The second-order valence-electron chi connectivity index (χ2n) is 8.02. The molecule has 0 unspecified atom stereocenters. The van der Waals surface area contributed by atoms with E-state index in [4.69, 9.17) is 0 Å². The molecule has 31 heavy (non-hydrogen) atoms. The number of hydrogen-bond acceptors (Lipinski definition) is 3. The van der Waals surface area contributed by atoms with E-state index in [2.05, 4.69) is 10.3 Å². The van der Waals surface area contributed by atoms with Crippen LogP contribution in [0.15, 0.2) is 59.7 Å². The van der Waals surface area contributed by atoms with Crippen molar-refractivity contribution in [1.82, 2.24) is 19.4 Å². The molecule has 0 saturated carbocycles. The Hall–Kier alpha value is -3.67. The van der Waals surface area contributed by atoms with E-state index < -0.39 is 0 Å². The number of aryl methyl sites for hydroxylation is 3. The first-order chi connectivity index (χ1) is 14.8. The van der Waals surface area contributed by atoms with Crippen LogP contribution in [0.5, 0.6) is 0 Å². The van der Waals surface area contributed by atoms with E-state index in [9.17, 15) is 9.59 Å². The van der Waals surface area contributed by atoms with Gasteiger partial charge in [0.1, 0.15) is 12.9 Å². The Kier molecular flexibility index (Phi) is 5.46. The Labute approximate surface area is 181 Å². The van der Waals surface area contributed by atoms with Gasteiger partial charge in [0, 0.05) is 17.9 Å². The number of fused-ring (bicyclic) bond motifs is 1. The summed E-state index contributed by atoms with van der Waals surface area (Å²) in [4.78, 5) is 30.2. The summed E-state index contributed by atoms with van der Waals surface area (Å²) in [6, 6.07) is 16.1. The highest BCUT2D eigenvalue weighted by Crippen LogP contribution is 2.25. The summed E-state index contributed by atoms with van der Waals surface area (Å²) in [6.07, 6.45) is 1.46. The number of benzene rings is 2. The average molecular weight is 415 g/mol. The van der Waals surface area contributed by atoms with Crippen molar-refractivity contribution in [3.63, 3.8) is 0 Å². The van der Waals surface area contributed by atoms with Crippen molar-refractivity contribution >= 4 is 16.9 Å². The molecular formula is C25H26N4O2. The first kappa shape index (κ1) is 20.6. The molecule has 4 aromatic rings. The molecule has 0 aliphatic carbocycles. The Morgan fingerprint density at radius 3 is 2.19 bits per heavy atom. The lowest BCUT2D eigenvalue weighted by atomic mass is 10.1. The highest BCUT2D eigenvalue weighted by atomic mass is 16.2. The predicted octanol–water partition coefficient (Wildman–Crippen LogP) is 3.74. The van der Waals surface area contributed by atoms with Crippen LogP contribution >= 0.6 is 0 Å². The molecule has 1 amide bonds. The van der Waals surface area contributed by atoms with Crippen molar-refractivity contribution < 1.29 is 4.79 Å². The van der Waals surface area contributed by atoms with Crippen molar-refractivity contribution in [2.75, 3.05) is 0 Å². The molecule has 0 aliphatic heterocycles. The van der Waals surface area contributed by atoms with Gasteiger partial charge in [-0.25, -0.2) is 4.98 Å². The summed E-state index contributed by atoms with van der Waals surface area (Å²) in [6.45, 7) is 8.32. The van der Waals surface area contributed by atoms with Crippen LogP contribution in [0, 0.1) is 27.7 Å². The number of carbonyl (C=O) groups is 1. The van der Waals surface area contributed by atoms with Crippen molar-refractivity contribution in [3.05, 3.63) is 93.2 Å². The molecule has 2 aromatic heterocycles. The van der Waals surface area contributed by atoms with Gasteiger partial charge in [0.15, 0.2) is 5.65 Å². The fraction of sp³-hybridized carbons (Fsp3) is 0.240. The Morgan fingerprint density at radius 2 is 1.55 bits per heavy atom. The largest absolute Gasteiger partial charge is 0.350 e. The van der Waals surface area contributed by atoms with Crippen LogP contribution in [0.3, 0.4) is 0 Å². The minimum atomic E-state index is -0.226. The average Bonchev–Trinajstić information content (AvgIpc) is 3.01. The zero-order valence-corrected chi connectivity index (χ0v) is 18.3. The van der Waals surface area contributed by atoms with Gasteiger partial charge in [-0.1, -0.05) is 47.5 Å². The Morgan fingerprint density at radius 1 is 0.935 bits per heavy atom. The number of amides is 1. The fourth-order valence-corrected chi connectivity index (χ4v) is 3.73. The molecule has 0 saturated heterocycles. The maximum absolute atomic E-state index is 13.2. The number of rotatable bonds is 5. The Bertz CT molecular complexity index is 1310. The van der Waals surface area contributed by atoms with E-state index in [1.807, 2.05) is 80.8 Å². The standard InChI is InChI=1S/C25H26N4O2/c1-16-5-9-20(10-6-16)13-26-22(30)14-28-15-27-24-23(25(28)31)18(3)19(4)29(24)21-11-7-17(2)8-12-21/h5-12,15H,13-14H2,1-4H3,(H,26,30). The summed E-state index contributed by atoms with van der Waals surface area (Å²) >= 11 is 0. The number of aromatic nitrogens is 3. The number of carbonyl (C=O) groups excluding carboxylic acids is 1. The van der Waals surface area contributed by atoms with Crippen molar-refractivity contribution in [1.29, 1.82) is 0 Å². The monoisotopic (exact) mass is 414 g/mol. The lowest BCUT2D eigenvalue weighted by molar-refractivity contribution is -0.121. The molecular weight excluding hydrogens is 388 g/mol. The smallest absolute Gasteiger partial charge is 0.263 e. The summed E-state index contributed by atoms with van der Waals surface area (Å²) < 4.78 is 3.37. The van der Waals surface area contributed by atoms with Gasteiger partial charge >= 0.3 is 0 Å². The SMILES string of the molecule is Cc1ccc(CNC(=O)Cn2cnc3c(c(C)c(C)n3-c3ccc(C)cc3)c2=O)cc1. The van der Waals surface area contributed by atoms with E-state index in [0.29, 0.717) is 17.6 Å². The fourth-order valence-electron chi connectivity index (χ4n) is 3.73. The van der Waals surface area contributed by atoms with Crippen LogP contribution in [0.25, 0.3) is 16.7 Å². The molecule has 158 valence electrons. The van der Waals surface area contributed by atoms with E-state index in [0.717, 1.165) is 22.5 Å². The summed E-state index contributed by atoms with van der Waals surface area (Å²) in [7, 11) is 0. The molecule has 0 bridgehead atoms. The lowest BCUT2D eigenvalue weighted by Crippen LogP contribution is -2.32. The van der Waals surface area contributed by atoms with Crippen LogP contribution in [-0.4, -0.2) is 20.0 Å². The minimum Gasteiger partial charge on any atom is -0.350 e. The maximum atomic E-state index is 13.2. The first-order valence-electron chi connectivity index (χ1n) is 10.3. The van der Waals surface area contributed by atoms with Crippen LogP contribution in [0.2, 0.25) is 0 Å². The molecule has 6 heteroatoms. The molecule has 2 heterocycles. The van der Waals surface area contributed by atoms with Crippen LogP contribution in [0.4, 0.5) is 0 Å². The topological polar surface area (TPSA) is 68.9 Å². The lowest BCUT2D eigenvalue weighted by Gasteiger charge is -2.10. The molecule has 0 atom stereocenters. The van der Waals surface area contributed by atoms with Gasteiger partial charge in [0.05, 0.1) is 5.39 Å². The maximum Gasteiger partial charge on any atom is 0.263 e. The molecule has 0 fully saturated rings. The van der Waals surface area contributed by atoms with Crippen LogP contribution in [0.1, 0.15) is 27.9 Å². The van der Waals surface area contributed by atoms with Crippen LogP contribution < -0.4 is 10.9 Å². The van der Waals surface area contributed by atoms with Gasteiger partial charge in [0.2, 0.25) is 5.91 Å². The van der Waals surface area contributed by atoms with E-state index in [1.165, 1.54) is 22.0 Å². The van der Waals surface area contributed by atoms with Gasteiger partial charge in [-0.2, -0.15) is 0 Å². The zero-order valence-electron chi connectivity index (χ0n) is 18.3. The van der Waals surface area contributed by atoms with Crippen LogP contribution in [-0.2, 0) is 17.9 Å².